The summed E-state index contributed by atoms with van der Waals surface area (Å²) in [7, 11) is -1.72. The lowest BCUT2D eigenvalue weighted by Crippen LogP contribution is -2.12. The Labute approximate surface area is 130 Å². The Kier molecular flexibility index (Phi) is 3.94. The first-order chi connectivity index (χ1) is 10.1. The SMILES string of the molecule is CNCc1cc(S(=O)(=O)Nc2ccc3ncsc3c2)cs1. The molecule has 0 amide bonds. The van der Waals surface area contributed by atoms with Crippen molar-refractivity contribution >= 4 is 48.6 Å². The van der Waals surface area contributed by atoms with E-state index < -0.39 is 10.0 Å². The number of benzene rings is 1. The van der Waals surface area contributed by atoms with Gasteiger partial charge in [0.05, 0.1) is 26.3 Å². The number of anilines is 1. The van der Waals surface area contributed by atoms with Crippen molar-refractivity contribution in [3.63, 3.8) is 0 Å². The van der Waals surface area contributed by atoms with Crippen LogP contribution < -0.4 is 10.0 Å². The van der Waals surface area contributed by atoms with Crippen LogP contribution in [0.2, 0.25) is 0 Å². The van der Waals surface area contributed by atoms with E-state index in [9.17, 15) is 8.42 Å². The molecule has 0 unspecified atom stereocenters. The van der Waals surface area contributed by atoms with Gasteiger partial charge in [0.1, 0.15) is 0 Å². The second-order valence-electron chi connectivity index (χ2n) is 4.42. The summed E-state index contributed by atoms with van der Waals surface area (Å²) in [6.07, 6.45) is 0. The van der Waals surface area contributed by atoms with E-state index in [-0.39, 0.29) is 0 Å². The highest BCUT2D eigenvalue weighted by Gasteiger charge is 2.16. The van der Waals surface area contributed by atoms with E-state index in [0.717, 1.165) is 15.1 Å². The van der Waals surface area contributed by atoms with E-state index >= 15 is 0 Å². The summed E-state index contributed by atoms with van der Waals surface area (Å²) in [6.45, 7) is 0.660. The number of fused-ring (bicyclic) bond motifs is 1. The molecule has 8 heteroatoms. The van der Waals surface area contributed by atoms with E-state index in [2.05, 4.69) is 15.0 Å². The summed E-state index contributed by atoms with van der Waals surface area (Å²) in [4.78, 5) is 5.45. The van der Waals surface area contributed by atoms with Crippen molar-refractivity contribution in [1.82, 2.24) is 10.3 Å². The second kappa shape index (κ2) is 5.72. The fourth-order valence-electron chi connectivity index (χ4n) is 1.90. The number of sulfonamides is 1. The molecule has 2 N–H and O–H groups in total. The van der Waals surface area contributed by atoms with Crippen LogP contribution in [0, 0.1) is 0 Å². The van der Waals surface area contributed by atoms with Crippen LogP contribution >= 0.6 is 22.7 Å². The first-order valence-electron chi connectivity index (χ1n) is 6.16. The Hall–Kier alpha value is -1.48. The van der Waals surface area contributed by atoms with Crippen molar-refractivity contribution in [2.45, 2.75) is 11.4 Å². The average Bonchev–Trinajstić information content (AvgIpc) is 3.07. The van der Waals surface area contributed by atoms with Crippen LogP contribution in [-0.2, 0) is 16.6 Å². The van der Waals surface area contributed by atoms with Crippen LogP contribution in [0.4, 0.5) is 5.69 Å². The lowest BCUT2D eigenvalue weighted by atomic mass is 10.3. The van der Waals surface area contributed by atoms with Gasteiger partial charge in [0.15, 0.2) is 0 Å². The van der Waals surface area contributed by atoms with Crippen LogP contribution in [0.25, 0.3) is 10.2 Å². The molecule has 0 aliphatic heterocycles. The maximum Gasteiger partial charge on any atom is 0.262 e. The van der Waals surface area contributed by atoms with E-state index in [0.29, 0.717) is 17.1 Å². The van der Waals surface area contributed by atoms with Gasteiger partial charge < -0.3 is 5.32 Å². The van der Waals surface area contributed by atoms with Gasteiger partial charge in [0, 0.05) is 16.8 Å². The zero-order chi connectivity index (χ0) is 14.9. The number of thiazole rings is 1. The van der Waals surface area contributed by atoms with E-state index in [1.807, 2.05) is 13.1 Å². The summed E-state index contributed by atoms with van der Waals surface area (Å²) in [5.41, 5.74) is 3.16. The molecule has 110 valence electrons. The lowest BCUT2D eigenvalue weighted by molar-refractivity contribution is 0.601. The molecule has 0 saturated heterocycles. The standard InChI is InChI=1S/C13H13N3O2S3/c1-14-6-10-5-11(7-19-10)21(17,18)16-9-2-3-12-13(4-9)20-8-15-12/h2-5,7-8,14,16H,6H2,1H3. The smallest absolute Gasteiger partial charge is 0.262 e. The van der Waals surface area contributed by atoms with Crippen LogP contribution in [-0.4, -0.2) is 20.4 Å². The Morgan fingerprint density at radius 1 is 1.24 bits per heavy atom. The average molecular weight is 339 g/mol. The molecule has 0 fully saturated rings. The fraction of sp³-hybridized carbons (Fsp3) is 0.154. The highest BCUT2D eigenvalue weighted by Crippen LogP contribution is 2.25. The number of nitrogens with zero attached hydrogens (tertiary/aromatic N) is 1. The van der Waals surface area contributed by atoms with Gasteiger partial charge in [0.25, 0.3) is 10.0 Å². The third-order valence-electron chi connectivity index (χ3n) is 2.87. The Morgan fingerprint density at radius 2 is 2.10 bits per heavy atom. The van der Waals surface area contributed by atoms with Crippen molar-refractivity contribution in [3.8, 4) is 0 Å². The molecule has 3 rings (SSSR count). The minimum Gasteiger partial charge on any atom is -0.315 e. The minimum absolute atomic E-state index is 0.294. The highest BCUT2D eigenvalue weighted by molar-refractivity contribution is 7.92. The molecule has 0 aliphatic carbocycles. The van der Waals surface area contributed by atoms with Gasteiger partial charge in [-0.2, -0.15) is 0 Å². The van der Waals surface area contributed by atoms with Crippen molar-refractivity contribution in [3.05, 3.63) is 40.0 Å². The van der Waals surface area contributed by atoms with Crippen molar-refractivity contribution < 1.29 is 8.42 Å². The largest absolute Gasteiger partial charge is 0.315 e. The number of nitrogens with one attached hydrogen (secondary N) is 2. The minimum atomic E-state index is -3.55. The molecule has 0 aliphatic rings. The van der Waals surface area contributed by atoms with E-state index in [1.54, 1.807) is 29.1 Å². The number of hydrogen-bond acceptors (Lipinski definition) is 6. The molecule has 0 atom stereocenters. The molecule has 21 heavy (non-hydrogen) atoms. The van der Waals surface area contributed by atoms with Crippen LogP contribution in [0.5, 0.6) is 0 Å². The fourth-order valence-corrected chi connectivity index (χ4v) is 4.95. The van der Waals surface area contributed by atoms with Crippen molar-refractivity contribution in [1.29, 1.82) is 0 Å². The van der Waals surface area contributed by atoms with Crippen LogP contribution in [0.3, 0.4) is 0 Å². The predicted molar refractivity (Wildman–Crippen MR) is 87.5 cm³/mol. The molecule has 1 aromatic carbocycles. The van der Waals surface area contributed by atoms with Gasteiger partial charge in [-0.25, -0.2) is 13.4 Å². The van der Waals surface area contributed by atoms with Gasteiger partial charge in [-0.15, -0.1) is 22.7 Å². The number of aromatic nitrogens is 1. The monoisotopic (exact) mass is 339 g/mol. The lowest BCUT2D eigenvalue weighted by Gasteiger charge is -2.06. The van der Waals surface area contributed by atoms with Crippen LogP contribution in [0.1, 0.15) is 4.88 Å². The molecule has 0 saturated carbocycles. The van der Waals surface area contributed by atoms with Gasteiger partial charge in [-0.3, -0.25) is 4.72 Å². The molecule has 0 radical (unpaired) electrons. The third kappa shape index (κ3) is 3.08. The number of rotatable bonds is 5. The maximum absolute atomic E-state index is 12.4. The maximum atomic E-state index is 12.4. The molecule has 0 spiro atoms. The van der Waals surface area contributed by atoms with E-state index in [1.165, 1.54) is 22.7 Å². The summed E-state index contributed by atoms with van der Waals surface area (Å²) in [5.74, 6) is 0. The van der Waals surface area contributed by atoms with E-state index in [4.69, 9.17) is 0 Å². The summed E-state index contributed by atoms with van der Waals surface area (Å²) >= 11 is 2.91. The molecule has 3 aromatic rings. The van der Waals surface area contributed by atoms with Gasteiger partial charge in [-0.1, -0.05) is 0 Å². The van der Waals surface area contributed by atoms with Crippen molar-refractivity contribution in [2.24, 2.45) is 0 Å². The zero-order valence-electron chi connectivity index (χ0n) is 11.2. The van der Waals surface area contributed by atoms with Gasteiger partial charge >= 0.3 is 0 Å². The van der Waals surface area contributed by atoms with Gasteiger partial charge in [-0.05, 0) is 31.3 Å². The molecule has 0 bridgehead atoms. The van der Waals surface area contributed by atoms with Gasteiger partial charge in [0.2, 0.25) is 0 Å². The molecule has 2 heterocycles. The summed E-state index contributed by atoms with van der Waals surface area (Å²) in [5, 5.41) is 4.66. The Balaban J connectivity index is 1.87. The summed E-state index contributed by atoms with van der Waals surface area (Å²) in [6, 6.07) is 7.02. The topological polar surface area (TPSA) is 71.1 Å². The summed E-state index contributed by atoms with van der Waals surface area (Å²) < 4.78 is 28.3. The third-order valence-corrected chi connectivity index (χ3v) is 6.11. The molecular weight excluding hydrogens is 326 g/mol. The molecule has 2 aromatic heterocycles. The molecular formula is C13H13N3O2S3. The van der Waals surface area contributed by atoms with Crippen LogP contribution in [0.15, 0.2) is 40.1 Å². The first kappa shape index (κ1) is 14.5. The normalized spacial score (nSPS) is 11.9. The zero-order valence-corrected chi connectivity index (χ0v) is 13.6. The second-order valence-corrected chi connectivity index (χ2v) is 7.98. The Morgan fingerprint density at radius 3 is 2.90 bits per heavy atom. The number of thiophene rings is 1. The molecule has 5 nitrogen and oxygen atoms in total. The predicted octanol–water partition coefficient (Wildman–Crippen LogP) is 2.88. The quantitative estimate of drug-likeness (QED) is 0.750. The highest BCUT2D eigenvalue weighted by atomic mass is 32.2. The number of hydrogen-bond donors (Lipinski definition) is 2. The van der Waals surface area contributed by atoms with Crippen molar-refractivity contribution in [2.75, 3.05) is 11.8 Å². The Bertz CT molecular complexity index is 868. The first-order valence-corrected chi connectivity index (χ1v) is 9.41.